The zero-order chi connectivity index (χ0) is 16.1. The molecule has 0 saturated heterocycles. The van der Waals surface area contributed by atoms with E-state index in [1.54, 1.807) is 29.0 Å². The lowest BCUT2D eigenvalue weighted by molar-refractivity contribution is 0.206. The van der Waals surface area contributed by atoms with Crippen molar-refractivity contribution >= 4 is 17.1 Å². The van der Waals surface area contributed by atoms with Crippen molar-refractivity contribution in [3.8, 4) is 0 Å². The number of nitrogens with zero attached hydrogens (tertiary/aromatic N) is 6. The Labute approximate surface area is 132 Å². The second-order valence-electron chi connectivity index (χ2n) is 5.19. The molecule has 0 spiro atoms. The molecule has 0 atom stereocenters. The zero-order valence-electron chi connectivity index (χ0n) is 12.7. The summed E-state index contributed by atoms with van der Waals surface area (Å²) in [6.45, 7) is 1.78. The Morgan fingerprint density at radius 3 is 3.04 bits per heavy atom. The molecule has 9 heteroatoms. The van der Waals surface area contributed by atoms with Gasteiger partial charge in [-0.2, -0.15) is 0 Å². The molecule has 2 amide bonds. The van der Waals surface area contributed by atoms with Gasteiger partial charge in [0.15, 0.2) is 0 Å². The summed E-state index contributed by atoms with van der Waals surface area (Å²) in [7, 11) is 1.75. The Kier molecular flexibility index (Phi) is 4.46. The lowest BCUT2D eigenvalue weighted by atomic mass is 10.2. The number of rotatable bonds is 6. The lowest BCUT2D eigenvalue weighted by Crippen LogP contribution is -2.37. The van der Waals surface area contributed by atoms with Crippen molar-refractivity contribution in [1.29, 1.82) is 0 Å². The first-order valence-corrected chi connectivity index (χ1v) is 7.26. The normalized spacial score (nSPS) is 10.8. The third-order valence-electron chi connectivity index (χ3n) is 3.40. The van der Waals surface area contributed by atoms with Crippen LogP contribution in [0.2, 0.25) is 0 Å². The highest BCUT2D eigenvalue weighted by Gasteiger charge is 2.09. The number of carbonyl (C=O) groups excluding carboxylic acids is 1. The van der Waals surface area contributed by atoms with Gasteiger partial charge in [0.2, 0.25) is 0 Å². The predicted molar refractivity (Wildman–Crippen MR) is 81.3 cm³/mol. The Morgan fingerprint density at radius 1 is 1.35 bits per heavy atom. The Hall–Kier alpha value is -2.97. The van der Waals surface area contributed by atoms with Crippen LogP contribution in [0.25, 0.3) is 11.0 Å². The molecule has 0 unspecified atom stereocenters. The van der Waals surface area contributed by atoms with E-state index in [0.29, 0.717) is 24.1 Å². The summed E-state index contributed by atoms with van der Waals surface area (Å²) in [4.78, 5) is 13.7. The van der Waals surface area contributed by atoms with Crippen molar-refractivity contribution in [3.05, 3.63) is 36.2 Å². The molecule has 23 heavy (non-hydrogen) atoms. The molecule has 120 valence electrons. The molecular weight excluding hydrogens is 298 g/mol. The molecule has 2 aromatic heterocycles. The van der Waals surface area contributed by atoms with Crippen LogP contribution in [0.1, 0.15) is 12.0 Å². The third kappa shape index (κ3) is 3.82. The monoisotopic (exact) mass is 315 g/mol. The molecule has 3 aromatic rings. The van der Waals surface area contributed by atoms with E-state index < -0.39 is 0 Å². The van der Waals surface area contributed by atoms with Gasteiger partial charge < -0.3 is 10.2 Å². The molecule has 0 radical (unpaired) electrons. The van der Waals surface area contributed by atoms with E-state index in [-0.39, 0.29) is 6.03 Å². The summed E-state index contributed by atoms with van der Waals surface area (Å²) >= 11 is 0. The van der Waals surface area contributed by atoms with Crippen LogP contribution >= 0.6 is 0 Å². The molecule has 0 saturated carbocycles. The number of carbonyl (C=O) groups is 1. The number of urea groups is 1. The largest absolute Gasteiger partial charge is 0.338 e. The summed E-state index contributed by atoms with van der Waals surface area (Å²) in [5.74, 6) is 0. The standard InChI is InChI=1S/C14H17N7O2/c1-20(10-11-3-4-12-13(9-11)18-23-17-12)14(22)15-5-2-7-21-8-6-16-19-21/h3-4,6,8-9H,2,5,7,10H2,1H3,(H,15,22). The topological polar surface area (TPSA) is 102 Å². The summed E-state index contributed by atoms with van der Waals surface area (Å²) in [5.41, 5.74) is 2.35. The number of fused-ring (bicyclic) bond motifs is 1. The van der Waals surface area contributed by atoms with Crippen molar-refractivity contribution in [2.75, 3.05) is 13.6 Å². The Bertz CT molecular complexity index is 768. The number of aryl methyl sites for hydroxylation is 1. The van der Waals surface area contributed by atoms with Crippen molar-refractivity contribution in [2.45, 2.75) is 19.5 Å². The molecule has 2 heterocycles. The first-order valence-electron chi connectivity index (χ1n) is 7.26. The minimum Gasteiger partial charge on any atom is -0.338 e. The van der Waals surface area contributed by atoms with Gasteiger partial charge in [-0.3, -0.25) is 4.68 Å². The van der Waals surface area contributed by atoms with Crippen LogP contribution in [0.3, 0.4) is 0 Å². The van der Waals surface area contributed by atoms with E-state index in [0.717, 1.165) is 18.5 Å². The van der Waals surface area contributed by atoms with E-state index in [4.69, 9.17) is 0 Å². The predicted octanol–water partition coefficient (Wildman–Crippen LogP) is 1.05. The number of hydrogen-bond acceptors (Lipinski definition) is 6. The fourth-order valence-electron chi connectivity index (χ4n) is 2.20. The van der Waals surface area contributed by atoms with E-state index in [1.165, 1.54) is 0 Å². The number of amides is 2. The van der Waals surface area contributed by atoms with Crippen LogP contribution in [0.5, 0.6) is 0 Å². The summed E-state index contributed by atoms with van der Waals surface area (Å²) in [6.07, 6.45) is 4.22. The summed E-state index contributed by atoms with van der Waals surface area (Å²) in [6, 6.07) is 5.47. The lowest BCUT2D eigenvalue weighted by Gasteiger charge is -2.18. The van der Waals surface area contributed by atoms with Crippen LogP contribution in [-0.4, -0.2) is 49.8 Å². The molecule has 9 nitrogen and oxygen atoms in total. The third-order valence-corrected chi connectivity index (χ3v) is 3.40. The van der Waals surface area contributed by atoms with E-state index in [9.17, 15) is 4.79 Å². The van der Waals surface area contributed by atoms with Gasteiger partial charge in [0.1, 0.15) is 11.0 Å². The maximum Gasteiger partial charge on any atom is 0.317 e. The van der Waals surface area contributed by atoms with Crippen molar-refractivity contribution < 1.29 is 9.42 Å². The second kappa shape index (κ2) is 6.86. The second-order valence-corrected chi connectivity index (χ2v) is 5.19. The molecular formula is C14H17N7O2. The maximum absolute atomic E-state index is 12.1. The molecule has 3 rings (SSSR count). The fraction of sp³-hybridized carbons (Fsp3) is 0.357. The van der Waals surface area contributed by atoms with Gasteiger partial charge in [-0.15, -0.1) is 5.10 Å². The Morgan fingerprint density at radius 2 is 2.22 bits per heavy atom. The van der Waals surface area contributed by atoms with Gasteiger partial charge in [-0.05, 0) is 34.4 Å². The number of aromatic nitrogens is 5. The number of benzene rings is 1. The van der Waals surface area contributed by atoms with Crippen LogP contribution < -0.4 is 5.32 Å². The Balaban J connectivity index is 1.45. The van der Waals surface area contributed by atoms with Crippen molar-refractivity contribution in [2.24, 2.45) is 0 Å². The molecule has 0 aliphatic carbocycles. The van der Waals surface area contributed by atoms with Crippen LogP contribution in [0.4, 0.5) is 4.79 Å². The highest BCUT2D eigenvalue weighted by atomic mass is 16.6. The van der Waals surface area contributed by atoms with Gasteiger partial charge in [0.05, 0.1) is 6.20 Å². The van der Waals surface area contributed by atoms with Gasteiger partial charge in [-0.25, -0.2) is 9.42 Å². The first-order chi connectivity index (χ1) is 11.2. The summed E-state index contributed by atoms with van der Waals surface area (Å²) in [5, 5.41) is 18.0. The SMILES string of the molecule is CN(Cc1ccc2nonc2c1)C(=O)NCCCn1ccnn1. The van der Waals surface area contributed by atoms with Gasteiger partial charge in [0, 0.05) is 32.9 Å². The molecule has 0 bridgehead atoms. The average molecular weight is 315 g/mol. The van der Waals surface area contributed by atoms with E-state index >= 15 is 0 Å². The highest BCUT2D eigenvalue weighted by molar-refractivity contribution is 5.75. The van der Waals surface area contributed by atoms with Gasteiger partial charge in [0.25, 0.3) is 0 Å². The van der Waals surface area contributed by atoms with Gasteiger partial charge in [-0.1, -0.05) is 11.3 Å². The van der Waals surface area contributed by atoms with Crippen LogP contribution in [0.15, 0.2) is 35.2 Å². The molecule has 0 fully saturated rings. The quantitative estimate of drug-likeness (QED) is 0.682. The van der Waals surface area contributed by atoms with Crippen LogP contribution in [-0.2, 0) is 13.1 Å². The van der Waals surface area contributed by atoms with E-state index in [1.807, 2.05) is 18.2 Å². The zero-order valence-corrected chi connectivity index (χ0v) is 12.7. The summed E-state index contributed by atoms with van der Waals surface area (Å²) < 4.78 is 6.40. The minimum absolute atomic E-state index is 0.123. The number of hydrogen-bond donors (Lipinski definition) is 1. The molecule has 0 aliphatic rings. The first kappa shape index (κ1) is 14.9. The fourth-order valence-corrected chi connectivity index (χ4v) is 2.20. The molecule has 1 N–H and O–H groups in total. The van der Waals surface area contributed by atoms with Crippen molar-refractivity contribution in [3.63, 3.8) is 0 Å². The minimum atomic E-state index is -0.123. The molecule has 1 aromatic carbocycles. The van der Waals surface area contributed by atoms with Crippen LogP contribution in [0, 0.1) is 0 Å². The number of nitrogens with one attached hydrogen (secondary N) is 1. The van der Waals surface area contributed by atoms with Crippen molar-refractivity contribution in [1.82, 2.24) is 35.5 Å². The maximum atomic E-state index is 12.1. The van der Waals surface area contributed by atoms with E-state index in [2.05, 4.69) is 30.6 Å². The highest BCUT2D eigenvalue weighted by Crippen LogP contribution is 2.12. The average Bonchev–Trinajstić information content (AvgIpc) is 3.22. The molecule has 0 aliphatic heterocycles. The van der Waals surface area contributed by atoms with Gasteiger partial charge >= 0.3 is 6.03 Å². The smallest absolute Gasteiger partial charge is 0.317 e.